The number of ether oxygens (including phenoxy) is 2. The van der Waals surface area contributed by atoms with Crippen molar-refractivity contribution in [3.63, 3.8) is 0 Å². The molecule has 0 saturated carbocycles. The molecule has 0 unspecified atom stereocenters. The summed E-state index contributed by atoms with van der Waals surface area (Å²) in [6.07, 6.45) is 0.244. The molecule has 13 nitrogen and oxygen atoms in total. The molecule has 0 aliphatic heterocycles. The highest BCUT2D eigenvalue weighted by Crippen LogP contribution is 2.26. The fourth-order valence-electron chi connectivity index (χ4n) is 4.09. The van der Waals surface area contributed by atoms with Gasteiger partial charge in [0.25, 0.3) is 0 Å². The third-order valence-corrected chi connectivity index (χ3v) is 7.16. The first-order chi connectivity index (χ1) is 22.5. The predicted octanol–water partition coefficient (Wildman–Crippen LogP) is 1.33. The van der Waals surface area contributed by atoms with Crippen LogP contribution < -0.4 is 31.7 Å². The fraction of sp³-hybridized carbons (Fsp3) is 0.250. The Morgan fingerprint density at radius 2 is 1.30 bits per heavy atom. The molecule has 2 atom stereocenters. The minimum atomic E-state index is -1.04. The van der Waals surface area contributed by atoms with Gasteiger partial charge in [0.05, 0.1) is 41.8 Å². The monoisotopic (exact) mass is 685 g/mol. The van der Waals surface area contributed by atoms with Crippen molar-refractivity contribution in [3.05, 3.63) is 99.5 Å². The normalized spacial score (nSPS) is 11.7. The third kappa shape index (κ3) is 12.0. The van der Waals surface area contributed by atoms with Gasteiger partial charge < -0.3 is 36.5 Å². The lowest BCUT2D eigenvalue weighted by molar-refractivity contribution is -0.141. The second kappa shape index (κ2) is 18.2. The van der Waals surface area contributed by atoms with E-state index in [0.717, 1.165) is 5.56 Å². The lowest BCUT2D eigenvalue weighted by atomic mass is 10.1. The van der Waals surface area contributed by atoms with Crippen LogP contribution in [-0.4, -0.2) is 74.4 Å². The zero-order chi connectivity index (χ0) is 34.3. The average Bonchev–Trinajstić information content (AvgIpc) is 3.05. The van der Waals surface area contributed by atoms with Crippen LogP contribution >= 0.6 is 23.2 Å². The van der Waals surface area contributed by atoms with E-state index >= 15 is 0 Å². The first-order valence-corrected chi connectivity index (χ1v) is 14.9. The van der Waals surface area contributed by atoms with Gasteiger partial charge in [-0.05, 0) is 41.8 Å². The van der Waals surface area contributed by atoms with E-state index in [9.17, 15) is 28.8 Å². The number of esters is 2. The SMILES string of the molecule is COC(=O)CNC(=O)[C@H](Cc1ccccc1)NC(=O)CNC(=O)CNC(=O)[C@@H](N)Cc1ccc(OC(=O)c2c(Cl)cccc2Cl)cc1. The van der Waals surface area contributed by atoms with E-state index < -0.39 is 60.7 Å². The number of halogens is 2. The molecule has 0 aromatic heterocycles. The molecule has 6 N–H and O–H groups in total. The van der Waals surface area contributed by atoms with Crippen LogP contribution in [0, 0.1) is 0 Å². The Kier molecular flexibility index (Phi) is 14.2. The smallest absolute Gasteiger partial charge is 0.346 e. The Morgan fingerprint density at radius 1 is 0.702 bits per heavy atom. The summed E-state index contributed by atoms with van der Waals surface area (Å²) in [6, 6.07) is 17.8. The standard InChI is InChI=1S/C32H33Cl2N5O8/c1-46-28(42)18-38-31(44)25(15-19-6-3-2-4-7-19)39-27(41)17-36-26(40)16-37-30(43)24(35)14-20-10-12-21(13-11-20)47-32(45)29-22(33)8-5-9-23(29)34/h2-13,24-25H,14-18,35H2,1H3,(H,36,40)(H,37,43)(H,38,44)(H,39,41)/t24-,25-/m0/s1. The van der Waals surface area contributed by atoms with Crippen molar-refractivity contribution in [1.82, 2.24) is 21.3 Å². The summed E-state index contributed by atoms with van der Waals surface area (Å²) >= 11 is 12.1. The Morgan fingerprint density at radius 3 is 1.94 bits per heavy atom. The van der Waals surface area contributed by atoms with Crippen LogP contribution in [0.4, 0.5) is 0 Å². The zero-order valence-corrected chi connectivity index (χ0v) is 26.7. The number of hydrogen-bond donors (Lipinski definition) is 5. The molecule has 47 heavy (non-hydrogen) atoms. The molecule has 0 aliphatic carbocycles. The number of nitrogens with two attached hydrogens (primary N) is 1. The molecule has 0 spiro atoms. The maximum absolute atomic E-state index is 12.6. The minimum Gasteiger partial charge on any atom is -0.468 e. The van der Waals surface area contributed by atoms with Gasteiger partial charge in [0, 0.05) is 6.42 Å². The number of methoxy groups -OCH3 is 1. The molecule has 4 amide bonds. The summed E-state index contributed by atoms with van der Waals surface area (Å²) in [5, 5.41) is 10.0. The fourth-order valence-corrected chi connectivity index (χ4v) is 4.64. The highest BCUT2D eigenvalue weighted by molar-refractivity contribution is 6.39. The molecule has 3 aromatic carbocycles. The Labute approximate surface area is 280 Å². The molecular weight excluding hydrogens is 653 g/mol. The van der Waals surface area contributed by atoms with Gasteiger partial charge in [0.15, 0.2) is 0 Å². The molecule has 0 aliphatic rings. The quantitative estimate of drug-likeness (QED) is 0.116. The van der Waals surface area contributed by atoms with E-state index in [1.165, 1.54) is 31.4 Å². The summed E-state index contributed by atoms with van der Waals surface area (Å²) < 4.78 is 9.84. The van der Waals surface area contributed by atoms with E-state index in [2.05, 4.69) is 26.0 Å². The van der Waals surface area contributed by atoms with Crippen LogP contribution in [-0.2, 0) is 41.6 Å². The molecule has 3 aromatic rings. The highest BCUT2D eigenvalue weighted by Gasteiger charge is 2.23. The molecule has 3 rings (SSSR count). The molecule has 0 saturated heterocycles. The van der Waals surface area contributed by atoms with Gasteiger partial charge in [0.1, 0.15) is 18.3 Å². The van der Waals surface area contributed by atoms with Gasteiger partial charge in [-0.3, -0.25) is 24.0 Å². The molecule has 15 heteroatoms. The summed E-state index contributed by atoms with van der Waals surface area (Å²) in [6.45, 7) is -1.31. The van der Waals surface area contributed by atoms with Crippen LogP contribution in [0.15, 0.2) is 72.8 Å². The number of carbonyl (C=O) groups excluding carboxylic acids is 6. The summed E-state index contributed by atoms with van der Waals surface area (Å²) in [7, 11) is 1.18. The van der Waals surface area contributed by atoms with E-state index in [-0.39, 0.29) is 40.7 Å². The highest BCUT2D eigenvalue weighted by atomic mass is 35.5. The second-order valence-electron chi connectivity index (χ2n) is 10.0. The topological polar surface area (TPSA) is 195 Å². The van der Waals surface area contributed by atoms with Gasteiger partial charge >= 0.3 is 11.9 Å². The molecule has 0 radical (unpaired) electrons. The number of hydrogen-bond acceptors (Lipinski definition) is 9. The molecule has 0 bridgehead atoms. The Hall–Kier alpha value is -4.98. The van der Waals surface area contributed by atoms with Crippen molar-refractivity contribution in [1.29, 1.82) is 0 Å². The van der Waals surface area contributed by atoms with Gasteiger partial charge in [-0.25, -0.2) is 4.79 Å². The lowest BCUT2D eigenvalue weighted by Crippen LogP contribution is -2.52. The van der Waals surface area contributed by atoms with Crippen LogP contribution in [0.2, 0.25) is 10.0 Å². The van der Waals surface area contributed by atoms with E-state index in [0.29, 0.717) is 5.56 Å². The van der Waals surface area contributed by atoms with Gasteiger partial charge in [-0.2, -0.15) is 0 Å². The minimum absolute atomic E-state index is 0.0374. The first-order valence-electron chi connectivity index (χ1n) is 14.2. The Bertz CT molecular complexity index is 1570. The molecular formula is C32H33Cl2N5O8. The van der Waals surface area contributed by atoms with Gasteiger partial charge in [-0.1, -0.05) is 71.7 Å². The lowest BCUT2D eigenvalue weighted by Gasteiger charge is -2.19. The summed E-state index contributed by atoms with van der Waals surface area (Å²) in [5.74, 6) is -3.72. The number of amides is 4. The van der Waals surface area contributed by atoms with Crippen molar-refractivity contribution in [2.75, 3.05) is 26.7 Å². The van der Waals surface area contributed by atoms with Crippen LogP contribution in [0.5, 0.6) is 5.75 Å². The number of benzene rings is 3. The van der Waals surface area contributed by atoms with Crippen molar-refractivity contribution in [2.24, 2.45) is 5.73 Å². The van der Waals surface area contributed by atoms with Crippen molar-refractivity contribution in [2.45, 2.75) is 24.9 Å². The second-order valence-corrected chi connectivity index (χ2v) is 10.9. The van der Waals surface area contributed by atoms with Crippen LogP contribution in [0.1, 0.15) is 21.5 Å². The van der Waals surface area contributed by atoms with Crippen molar-refractivity contribution in [3.8, 4) is 5.75 Å². The van der Waals surface area contributed by atoms with E-state index in [1.54, 1.807) is 48.5 Å². The largest absolute Gasteiger partial charge is 0.468 e. The Balaban J connectivity index is 1.43. The first kappa shape index (κ1) is 36.5. The van der Waals surface area contributed by atoms with Gasteiger partial charge in [0.2, 0.25) is 23.6 Å². The van der Waals surface area contributed by atoms with Crippen LogP contribution in [0.25, 0.3) is 0 Å². The maximum atomic E-state index is 12.6. The van der Waals surface area contributed by atoms with E-state index in [4.69, 9.17) is 33.7 Å². The molecule has 0 fully saturated rings. The van der Waals surface area contributed by atoms with Gasteiger partial charge in [-0.15, -0.1) is 0 Å². The molecule has 0 heterocycles. The summed E-state index contributed by atoms with van der Waals surface area (Å²) in [4.78, 5) is 73.8. The number of rotatable bonds is 15. The zero-order valence-electron chi connectivity index (χ0n) is 25.2. The van der Waals surface area contributed by atoms with E-state index in [1.807, 2.05) is 0 Å². The third-order valence-electron chi connectivity index (χ3n) is 6.53. The molecule has 248 valence electrons. The average molecular weight is 687 g/mol. The van der Waals surface area contributed by atoms with Crippen molar-refractivity contribution >= 4 is 58.8 Å². The number of carbonyl (C=O) groups is 6. The van der Waals surface area contributed by atoms with Crippen LogP contribution in [0.3, 0.4) is 0 Å². The summed E-state index contributed by atoms with van der Waals surface area (Å²) in [5.41, 5.74) is 7.45. The van der Waals surface area contributed by atoms with Crippen molar-refractivity contribution < 1.29 is 38.2 Å². The number of nitrogens with one attached hydrogen (secondary N) is 4. The predicted molar refractivity (Wildman–Crippen MR) is 173 cm³/mol. The maximum Gasteiger partial charge on any atom is 0.346 e.